The Morgan fingerprint density at radius 1 is 1.41 bits per heavy atom. The molecule has 0 unspecified atom stereocenters. The van der Waals surface area contributed by atoms with Crippen LogP contribution in [-0.4, -0.2) is 24.2 Å². The number of rotatable bonds is 3. The van der Waals surface area contributed by atoms with E-state index < -0.39 is 5.97 Å². The highest BCUT2D eigenvalue weighted by Gasteiger charge is 2.21. The molecule has 0 spiro atoms. The maximum absolute atomic E-state index is 11.8. The number of esters is 1. The summed E-state index contributed by atoms with van der Waals surface area (Å²) in [4.78, 5) is 15.7. The van der Waals surface area contributed by atoms with Crippen molar-refractivity contribution in [2.45, 2.75) is 31.8 Å². The van der Waals surface area contributed by atoms with Gasteiger partial charge in [-0.25, -0.2) is 9.78 Å². The van der Waals surface area contributed by atoms with Gasteiger partial charge in [-0.15, -0.1) is 0 Å². The van der Waals surface area contributed by atoms with Crippen LogP contribution in [0.2, 0.25) is 5.15 Å². The predicted molar refractivity (Wildman–Crippen MR) is 63.5 cm³/mol. The number of aromatic nitrogens is 1. The van der Waals surface area contributed by atoms with Gasteiger partial charge in [-0.05, 0) is 37.8 Å². The van der Waals surface area contributed by atoms with Crippen LogP contribution < -0.4 is 4.74 Å². The number of halogens is 1. The zero-order chi connectivity index (χ0) is 12.3. The monoisotopic (exact) mass is 255 g/mol. The van der Waals surface area contributed by atoms with E-state index in [1.54, 1.807) is 12.1 Å². The second-order valence-electron chi connectivity index (χ2n) is 4.00. The molecule has 0 saturated heterocycles. The molecule has 0 aromatic carbocycles. The average Bonchev–Trinajstić information content (AvgIpc) is 2.81. The molecule has 1 aliphatic carbocycles. The fraction of sp³-hybridized carbons (Fsp3) is 0.500. The lowest BCUT2D eigenvalue weighted by Crippen LogP contribution is -2.15. The largest absolute Gasteiger partial charge is 0.494 e. The van der Waals surface area contributed by atoms with Crippen LogP contribution in [0.3, 0.4) is 0 Å². The van der Waals surface area contributed by atoms with Crippen LogP contribution >= 0.6 is 11.6 Å². The van der Waals surface area contributed by atoms with Gasteiger partial charge in [0.15, 0.2) is 10.9 Å². The second-order valence-corrected chi connectivity index (χ2v) is 4.36. The molecule has 1 aliphatic rings. The molecule has 0 atom stereocenters. The van der Waals surface area contributed by atoms with Crippen molar-refractivity contribution >= 4 is 17.6 Å². The third kappa shape index (κ3) is 2.88. The van der Waals surface area contributed by atoms with Crippen molar-refractivity contribution in [2.75, 3.05) is 7.11 Å². The minimum Gasteiger partial charge on any atom is -0.494 e. The molecular formula is C12H14ClNO3. The summed E-state index contributed by atoms with van der Waals surface area (Å²) >= 11 is 5.85. The third-order valence-corrected chi connectivity index (χ3v) is 3.09. The van der Waals surface area contributed by atoms with Gasteiger partial charge in [0.2, 0.25) is 0 Å². The molecule has 2 rings (SSSR count). The Balaban J connectivity index is 2.05. The molecule has 0 bridgehead atoms. The summed E-state index contributed by atoms with van der Waals surface area (Å²) in [6.07, 6.45) is 4.15. The first kappa shape index (κ1) is 12.2. The summed E-state index contributed by atoms with van der Waals surface area (Å²) in [5.74, 6) is 0.0329. The maximum atomic E-state index is 11.8. The van der Waals surface area contributed by atoms with Crippen molar-refractivity contribution in [3.05, 3.63) is 23.0 Å². The summed E-state index contributed by atoms with van der Waals surface area (Å²) in [5.41, 5.74) is 0.225. The normalized spacial score (nSPS) is 15.9. The minimum absolute atomic E-state index is 0.0326. The maximum Gasteiger partial charge on any atom is 0.357 e. The molecule has 1 aromatic heterocycles. The van der Waals surface area contributed by atoms with E-state index in [2.05, 4.69) is 4.98 Å². The van der Waals surface area contributed by atoms with Gasteiger partial charge in [-0.3, -0.25) is 0 Å². The Labute approximate surface area is 105 Å². The first-order valence-electron chi connectivity index (χ1n) is 5.62. The molecule has 0 amide bonds. The SMILES string of the molecule is COc1ccc(C(=O)OC2CCCC2)nc1Cl. The number of carbonyl (C=O) groups excluding carboxylic acids is 1. The van der Waals surface area contributed by atoms with E-state index in [0.717, 1.165) is 25.7 Å². The first-order valence-corrected chi connectivity index (χ1v) is 6.00. The quantitative estimate of drug-likeness (QED) is 0.616. The van der Waals surface area contributed by atoms with Crippen LogP contribution in [0, 0.1) is 0 Å². The number of nitrogens with zero attached hydrogens (tertiary/aromatic N) is 1. The number of carbonyl (C=O) groups is 1. The van der Waals surface area contributed by atoms with Crippen LogP contribution in [0.25, 0.3) is 0 Å². The van der Waals surface area contributed by atoms with Crippen LogP contribution in [0.5, 0.6) is 5.75 Å². The lowest BCUT2D eigenvalue weighted by atomic mass is 10.3. The Morgan fingerprint density at radius 3 is 2.71 bits per heavy atom. The zero-order valence-electron chi connectivity index (χ0n) is 9.61. The van der Waals surface area contributed by atoms with Crippen molar-refractivity contribution in [3.8, 4) is 5.75 Å². The molecule has 5 heteroatoms. The number of ether oxygens (including phenoxy) is 2. The average molecular weight is 256 g/mol. The van der Waals surface area contributed by atoms with E-state index in [1.807, 2.05) is 0 Å². The molecule has 0 radical (unpaired) electrons. The summed E-state index contributed by atoms with van der Waals surface area (Å²) in [5, 5.41) is 0.174. The Kier molecular flexibility index (Phi) is 3.84. The highest BCUT2D eigenvalue weighted by Crippen LogP contribution is 2.24. The molecule has 1 fully saturated rings. The van der Waals surface area contributed by atoms with E-state index in [0.29, 0.717) is 5.75 Å². The molecule has 1 saturated carbocycles. The van der Waals surface area contributed by atoms with Gasteiger partial charge >= 0.3 is 5.97 Å². The van der Waals surface area contributed by atoms with Gasteiger partial charge in [-0.1, -0.05) is 11.6 Å². The van der Waals surface area contributed by atoms with Gasteiger partial charge in [0.1, 0.15) is 11.8 Å². The van der Waals surface area contributed by atoms with Crippen LogP contribution in [-0.2, 0) is 4.74 Å². The van der Waals surface area contributed by atoms with Crippen LogP contribution in [0.15, 0.2) is 12.1 Å². The van der Waals surface area contributed by atoms with E-state index in [4.69, 9.17) is 21.1 Å². The van der Waals surface area contributed by atoms with Crippen LogP contribution in [0.1, 0.15) is 36.2 Å². The molecular weight excluding hydrogens is 242 g/mol. The smallest absolute Gasteiger partial charge is 0.357 e. The highest BCUT2D eigenvalue weighted by molar-refractivity contribution is 6.31. The van der Waals surface area contributed by atoms with E-state index >= 15 is 0 Å². The highest BCUT2D eigenvalue weighted by atomic mass is 35.5. The van der Waals surface area contributed by atoms with Crippen molar-refractivity contribution in [1.82, 2.24) is 4.98 Å². The Morgan fingerprint density at radius 2 is 2.12 bits per heavy atom. The standard InChI is InChI=1S/C12H14ClNO3/c1-16-10-7-6-9(14-11(10)13)12(15)17-8-4-2-3-5-8/h6-8H,2-5H2,1H3. The Bertz CT molecular complexity index is 416. The Hall–Kier alpha value is -1.29. The van der Waals surface area contributed by atoms with Crippen molar-refractivity contribution < 1.29 is 14.3 Å². The van der Waals surface area contributed by atoms with Crippen molar-refractivity contribution in [2.24, 2.45) is 0 Å². The van der Waals surface area contributed by atoms with Gasteiger partial charge in [-0.2, -0.15) is 0 Å². The van der Waals surface area contributed by atoms with Gasteiger partial charge < -0.3 is 9.47 Å². The number of pyridine rings is 1. The van der Waals surface area contributed by atoms with Crippen molar-refractivity contribution in [1.29, 1.82) is 0 Å². The summed E-state index contributed by atoms with van der Waals surface area (Å²) in [6, 6.07) is 3.17. The van der Waals surface area contributed by atoms with E-state index in [1.165, 1.54) is 7.11 Å². The lowest BCUT2D eigenvalue weighted by molar-refractivity contribution is 0.0311. The zero-order valence-corrected chi connectivity index (χ0v) is 10.4. The van der Waals surface area contributed by atoms with Gasteiger partial charge in [0, 0.05) is 0 Å². The predicted octanol–water partition coefficient (Wildman–Crippen LogP) is 2.84. The van der Waals surface area contributed by atoms with Crippen LogP contribution in [0.4, 0.5) is 0 Å². The van der Waals surface area contributed by atoms with Crippen molar-refractivity contribution in [3.63, 3.8) is 0 Å². The summed E-state index contributed by atoms with van der Waals surface area (Å²) in [6.45, 7) is 0. The summed E-state index contributed by atoms with van der Waals surface area (Å²) < 4.78 is 10.3. The fourth-order valence-electron chi connectivity index (χ4n) is 1.91. The molecule has 4 nitrogen and oxygen atoms in total. The molecule has 0 aliphatic heterocycles. The molecule has 0 N–H and O–H groups in total. The number of methoxy groups -OCH3 is 1. The second kappa shape index (κ2) is 5.36. The molecule has 1 aromatic rings. The number of hydrogen-bond acceptors (Lipinski definition) is 4. The lowest BCUT2D eigenvalue weighted by Gasteiger charge is -2.11. The van der Waals surface area contributed by atoms with Gasteiger partial charge in [0.25, 0.3) is 0 Å². The van der Waals surface area contributed by atoms with E-state index in [-0.39, 0.29) is 17.0 Å². The minimum atomic E-state index is -0.415. The summed E-state index contributed by atoms with van der Waals surface area (Å²) in [7, 11) is 1.50. The molecule has 17 heavy (non-hydrogen) atoms. The molecule has 1 heterocycles. The molecule has 92 valence electrons. The van der Waals surface area contributed by atoms with Gasteiger partial charge in [0.05, 0.1) is 7.11 Å². The van der Waals surface area contributed by atoms with E-state index in [9.17, 15) is 4.79 Å². The first-order chi connectivity index (χ1) is 8.20. The topological polar surface area (TPSA) is 48.4 Å². The fourth-order valence-corrected chi connectivity index (χ4v) is 2.14. The third-order valence-electron chi connectivity index (χ3n) is 2.82. The number of hydrogen-bond donors (Lipinski definition) is 0.